The summed E-state index contributed by atoms with van der Waals surface area (Å²) in [4.78, 5) is 28.8. The zero-order chi connectivity index (χ0) is 14.0. The van der Waals surface area contributed by atoms with Gasteiger partial charge in [0.25, 0.3) is 0 Å². The van der Waals surface area contributed by atoms with Crippen LogP contribution < -0.4 is 10.2 Å². The second kappa shape index (κ2) is 5.36. The molecule has 1 saturated heterocycles. The van der Waals surface area contributed by atoms with Gasteiger partial charge >= 0.3 is 0 Å². The van der Waals surface area contributed by atoms with Crippen molar-refractivity contribution in [3.63, 3.8) is 0 Å². The van der Waals surface area contributed by atoms with Crippen LogP contribution in [0.1, 0.15) is 32.1 Å². The maximum absolute atomic E-state index is 11.6. The first-order chi connectivity index (χ1) is 9.02. The molecule has 1 aliphatic heterocycles. The van der Waals surface area contributed by atoms with Gasteiger partial charge in [0.15, 0.2) is 0 Å². The molecular weight excluding hydrogens is 246 g/mol. The van der Waals surface area contributed by atoms with Crippen molar-refractivity contribution < 1.29 is 14.7 Å². The van der Waals surface area contributed by atoms with Crippen LogP contribution in [0.25, 0.3) is 0 Å². The Morgan fingerprint density at radius 2 is 2.26 bits per heavy atom. The molecule has 0 saturated carbocycles. The minimum Gasteiger partial charge on any atom is -0.387 e. The molecule has 6 heteroatoms. The monoisotopic (exact) mass is 263 g/mol. The molecule has 6 nitrogen and oxygen atoms in total. The molecule has 102 valence electrons. The average Bonchev–Trinajstić information content (AvgIpc) is 2.42. The van der Waals surface area contributed by atoms with Gasteiger partial charge in [0, 0.05) is 0 Å². The lowest BCUT2D eigenvalue weighted by molar-refractivity contribution is -0.132. The van der Waals surface area contributed by atoms with Gasteiger partial charge in [0.2, 0.25) is 11.8 Å². The Labute approximate surface area is 111 Å². The molecule has 2 N–H and O–H groups in total. The van der Waals surface area contributed by atoms with E-state index in [1.807, 2.05) is 6.92 Å². The van der Waals surface area contributed by atoms with Gasteiger partial charge in [-0.1, -0.05) is 6.92 Å². The number of nitrogens with one attached hydrogen (secondary N) is 1. The van der Waals surface area contributed by atoms with Crippen molar-refractivity contribution in [3.05, 3.63) is 24.0 Å². The number of aliphatic hydroxyl groups excluding tert-OH is 1. The fraction of sp³-hybridized carbons (Fsp3) is 0.462. The first-order valence-corrected chi connectivity index (χ1v) is 6.27. The Morgan fingerprint density at radius 1 is 1.53 bits per heavy atom. The number of piperazine rings is 1. The zero-order valence-electron chi connectivity index (χ0n) is 11.0. The predicted molar refractivity (Wildman–Crippen MR) is 69.4 cm³/mol. The van der Waals surface area contributed by atoms with E-state index in [0.717, 1.165) is 0 Å². The maximum atomic E-state index is 11.6. The summed E-state index contributed by atoms with van der Waals surface area (Å²) in [5, 5.41) is 12.0. The molecule has 1 aliphatic rings. The molecule has 0 bridgehead atoms. The van der Waals surface area contributed by atoms with Crippen LogP contribution in [0, 0.1) is 0 Å². The third-order valence-corrected chi connectivity index (χ3v) is 3.25. The summed E-state index contributed by atoms with van der Waals surface area (Å²) < 4.78 is 0. The van der Waals surface area contributed by atoms with E-state index in [1.165, 1.54) is 0 Å². The van der Waals surface area contributed by atoms with Crippen LogP contribution in [0.5, 0.6) is 0 Å². The third kappa shape index (κ3) is 2.73. The zero-order valence-corrected chi connectivity index (χ0v) is 11.0. The first kappa shape index (κ1) is 13.5. The summed E-state index contributed by atoms with van der Waals surface area (Å²) in [6.45, 7) is 3.73. The quantitative estimate of drug-likeness (QED) is 0.770. The molecule has 1 aromatic rings. The Hall–Kier alpha value is -1.95. The lowest BCUT2D eigenvalue weighted by atomic mass is 10.1. The molecule has 2 amide bonds. The number of rotatable bonds is 3. The number of carbonyl (C=O) groups is 2. The Kier molecular flexibility index (Phi) is 3.80. The molecule has 1 fully saturated rings. The maximum Gasteiger partial charge on any atom is 0.249 e. The van der Waals surface area contributed by atoms with Gasteiger partial charge in [-0.15, -0.1) is 0 Å². The summed E-state index contributed by atoms with van der Waals surface area (Å²) in [6, 6.07) is 3.07. The number of hydrogen-bond donors (Lipinski definition) is 2. The highest BCUT2D eigenvalue weighted by atomic mass is 16.3. The van der Waals surface area contributed by atoms with Crippen LogP contribution in [0.2, 0.25) is 0 Å². The Morgan fingerprint density at radius 3 is 2.84 bits per heavy atom. The van der Waals surface area contributed by atoms with Crippen molar-refractivity contribution in [2.45, 2.75) is 32.4 Å². The van der Waals surface area contributed by atoms with Crippen LogP contribution in [-0.4, -0.2) is 34.5 Å². The predicted octanol–water partition coefficient (Wildman–Crippen LogP) is 0.376. The lowest BCUT2D eigenvalue weighted by Gasteiger charge is -2.33. The number of pyridine rings is 1. The standard InChI is InChI=1S/C13H17N3O3/c1-3-11(17)10-5-4-9(6-14-10)16-7-12(18)15-13(19)8(16)2/h4-6,8,11,17H,3,7H2,1-2H3,(H,15,18,19). The molecule has 19 heavy (non-hydrogen) atoms. The van der Waals surface area contributed by atoms with E-state index in [0.29, 0.717) is 17.8 Å². The number of imide groups is 1. The minimum absolute atomic E-state index is 0.129. The number of hydrogen-bond acceptors (Lipinski definition) is 5. The summed E-state index contributed by atoms with van der Waals surface area (Å²) in [5.74, 6) is -0.630. The van der Waals surface area contributed by atoms with Crippen LogP contribution >= 0.6 is 0 Å². The van der Waals surface area contributed by atoms with Crippen LogP contribution in [0.3, 0.4) is 0 Å². The number of aromatic nitrogens is 1. The Bertz CT molecular complexity index is 486. The van der Waals surface area contributed by atoms with E-state index in [9.17, 15) is 14.7 Å². The molecule has 0 aromatic carbocycles. The SMILES string of the molecule is CCC(O)c1ccc(N2CC(=O)NC(=O)C2C)cn1. The minimum atomic E-state index is -0.585. The number of amides is 2. The van der Waals surface area contributed by atoms with E-state index < -0.39 is 12.1 Å². The van der Waals surface area contributed by atoms with Gasteiger partial charge in [0.1, 0.15) is 6.04 Å². The molecule has 0 spiro atoms. The molecular formula is C13H17N3O3. The van der Waals surface area contributed by atoms with E-state index in [4.69, 9.17) is 0 Å². The van der Waals surface area contributed by atoms with Crippen LogP contribution in [0.4, 0.5) is 5.69 Å². The largest absolute Gasteiger partial charge is 0.387 e. The number of carbonyl (C=O) groups excluding carboxylic acids is 2. The van der Waals surface area contributed by atoms with Crippen molar-refractivity contribution in [1.29, 1.82) is 0 Å². The van der Waals surface area contributed by atoms with Crippen LogP contribution in [-0.2, 0) is 9.59 Å². The summed E-state index contributed by atoms with van der Waals surface area (Å²) >= 11 is 0. The average molecular weight is 263 g/mol. The highest BCUT2D eigenvalue weighted by Gasteiger charge is 2.30. The summed E-state index contributed by atoms with van der Waals surface area (Å²) in [5.41, 5.74) is 1.29. The van der Waals surface area contributed by atoms with E-state index in [-0.39, 0.29) is 18.4 Å². The van der Waals surface area contributed by atoms with Gasteiger partial charge in [0.05, 0.1) is 30.2 Å². The lowest BCUT2D eigenvalue weighted by Crippen LogP contribution is -2.57. The number of nitrogens with zero attached hydrogens (tertiary/aromatic N) is 2. The van der Waals surface area contributed by atoms with Gasteiger partial charge in [-0.05, 0) is 25.5 Å². The van der Waals surface area contributed by atoms with E-state index in [2.05, 4.69) is 10.3 Å². The van der Waals surface area contributed by atoms with Gasteiger partial charge in [-0.2, -0.15) is 0 Å². The Balaban J connectivity index is 2.21. The molecule has 2 atom stereocenters. The van der Waals surface area contributed by atoms with Gasteiger partial charge in [-0.25, -0.2) is 0 Å². The molecule has 0 aliphatic carbocycles. The first-order valence-electron chi connectivity index (χ1n) is 6.27. The highest BCUT2D eigenvalue weighted by Crippen LogP contribution is 2.21. The van der Waals surface area contributed by atoms with Crippen molar-refractivity contribution in [3.8, 4) is 0 Å². The van der Waals surface area contributed by atoms with Gasteiger partial charge < -0.3 is 10.0 Å². The van der Waals surface area contributed by atoms with Gasteiger partial charge in [-0.3, -0.25) is 19.9 Å². The fourth-order valence-corrected chi connectivity index (χ4v) is 2.00. The van der Waals surface area contributed by atoms with Crippen molar-refractivity contribution in [1.82, 2.24) is 10.3 Å². The second-order valence-corrected chi connectivity index (χ2v) is 4.58. The fourth-order valence-electron chi connectivity index (χ4n) is 2.00. The normalized spacial score (nSPS) is 21.2. The topological polar surface area (TPSA) is 82.5 Å². The van der Waals surface area contributed by atoms with Crippen LogP contribution in [0.15, 0.2) is 18.3 Å². The highest BCUT2D eigenvalue weighted by molar-refractivity contribution is 6.04. The summed E-state index contributed by atoms with van der Waals surface area (Å²) in [6.07, 6.45) is 1.59. The molecule has 1 aromatic heterocycles. The molecule has 2 heterocycles. The van der Waals surface area contributed by atoms with E-state index in [1.54, 1.807) is 30.2 Å². The third-order valence-electron chi connectivity index (χ3n) is 3.25. The van der Waals surface area contributed by atoms with Crippen molar-refractivity contribution >= 4 is 17.5 Å². The number of aliphatic hydroxyl groups is 1. The second-order valence-electron chi connectivity index (χ2n) is 4.58. The van der Waals surface area contributed by atoms with Crippen molar-refractivity contribution in [2.24, 2.45) is 0 Å². The van der Waals surface area contributed by atoms with Crippen molar-refractivity contribution in [2.75, 3.05) is 11.4 Å². The molecule has 2 unspecified atom stereocenters. The number of anilines is 1. The van der Waals surface area contributed by atoms with E-state index >= 15 is 0 Å². The summed E-state index contributed by atoms with van der Waals surface area (Å²) in [7, 11) is 0. The smallest absolute Gasteiger partial charge is 0.249 e. The molecule has 2 rings (SSSR count). The molecule has 0 radical (unpaired) electrons.